The van der Waals surface area contributed by atoms with Crippen LogP contribution in [0.25, 0.3) is 0 Å². The molecule has 0 aromatic heterocycles. The highest BCUT2D eigenvalue weighted by Gasteiger charge is 2.36. The molecule has 11 nitrogen and oxygen atoms in total. The van der Waals surface area contributed by atoms with E-state index >= 15 is 0 Å². The summed E-state index contributed by atoms with van der Waals surface area (Å²) in [5, 5.41) is 18.3. The topological polar surface area (TPSA) is 161 Å². The summed E-state index contributed by atoms with van der Waals surface area (Å²) in [5.41, 5.74) is 0. The number of phosphoric ester groups is 1. The van der Waals surface area contributed by atoms with E-state index < -0.39 is 51.8 Å². The first-order valence-electron chi connectivity index (χ1n) is 21.5. The minimum absolute atomic E-state index is 0.103. The number of aliphatic hydroxyl groups excluding tert-OH is 2. The fraction of sp³-hybridized carbons (Fsp3) is 0.814. The van der Waals surface area contributed by atoms with Crippen LogP contribution in [0, 0.1) is 5.92 Å². The van der Waals surface area contributed by atoms with Gasteiger partial charge in [-0.15, -0.1) is 0 Å². The van der Waals surface area contributed by atoms with Crippen molar-refractivity contribution < 1.29 is 52.5 Å². The van der Waals surface area contributed by atoms with E-state index in [0.717, 1.165) is 50.9 Å². The van der Waals surface area contributed by atoms with Crippen LogP contribution < -0.4 is 0 Å². The smallest absolute Gasteiger partial charge is 0.462 e. The minimum Gasteiger partial charge on any atom is -0.462 e. The molecule has 1 saturated heterocycles. The molecule has 0 aliphatic carbocycles. The second kappa shape index (κ2) is 34.2. The van der Waals surface area contributed by atoms with Crippen molar-refractivity contribution in [2.45, 2.75) is 193 Å². The molecular formula is C43H77O11P. The Morgan fingerprint density at radius 1 is 0.709 bits per heavy atom. The van der Waals surface area contributed by atoms with Crippen LogP contribution in [0.1, 0.15) is 168 Å². The van der Waals surface area contributed by atoms with E-state index in [1.807, 2.05) is 12.2 Å². The van der Waals surface area contributed by atoms with Gasteiger partial charge in [-0.1, -0.05) is 141 Å². The van der Waals surface area contributed by atoms with Crippen molar-refractivity contribution in [2.75, 3.05) is 26.4 Å². The molecule has 3 N–H and O–H groups in total. The third kappa shape index (κ3) is 31.9. The average molecular weight is 801 g/mol. The average Bonchev–Trinajstić information content (AvgIpc) is 3.93. The number of hydrogen-bond acceptors (Lipinski definition) is 10. The van der Waals surface area contributed by atoms with Crippen LogP contribution in [0.15, 0.2) is 36.5 Å². The van der Waals surface area contributed by atoms with E-state index in [1.54, 1.807) is 0 Å². The highest BCUT2D eigenvalue weighted by Crippen LogP contribution is 2.43. The lowest BCUT2D eigenvalue weighted by molar-refractivity contribution is -0.161. The summed E-state index contributed by atoms with van der Waals surface area (Å²) in [6, 6.07) is 0. The molecular weight excluding hydrogens is 723 g/mol. The van der Waals surface area contributed by atoms with Gasteiger partial charge in [0, 0.05) is 12.8 Å². The predicted octanol–water partition coefficient (Wildman–Crippen LogP) is 10.0. The third-order valence-electron chi connectivity index (χ3n) is 9.74. The quantitative estimate of drug-likeness (QED) is 0.0179. The summed E-state index contributed by atoms with van der Waals surface area (Å²) in [4.78, 5) is 35.0. The van der Waals surface area contributed by atoms with Gasteiger partial charge in [0.05, 0.1) is 32.0 Å². The second-order valence-corrected chi connectivity index (χ2v) is 16.5. The molecule has 0 saturated carbocycles. The van der Waals surface area contributed by atoms with Gasteiger partial charge in [-0.25, -0.2) is 4.57 Å². The van der Waals surface area contributed by atoms with E-state index in [0.29, 0.717) is 31.5 Å². The molecule has 1 heterocycles. The van der Waals surface area contributed by atoms with Crippen molar-refractivity contribution in [3.05, 3.63) is 36.5 Å². The first-order valence-corrected chi connectivity index (χ1v) is 23.0. The number of esters is 2. The summed E-state index contributed by atoms with van der Waals surface area (Å²) >= 11 is 0. The van der Waals surface area contributed by atoms with E-state index in [4.69, 9.17) is 23.8 Å². The molecule has 12 heteroatoms. The predicted molar refractivity (Wildman–Crippen MR) is 218 cm³/mol. The van der Waals surface area contributed by atoms with Crippen molar-refractivity contribution in [1.29, 1.82) is 0 Å². The van der Waals surface area contributed by atoms with Crippen LogP contribution in [-0.4, -0.2) is 77.9 Å². The molecule has 320 valence electrons. The molecule has 0 amide bonds. The summed E-state index contributed by atoms with van der Waals surface area (Å²) in [7, 11) is -4.63. The first-order chi connectivity index (χ1) is 26.6. The number of aliphatic hydroxyl groups is 2. The van der Waals surface area contributed by atoms with E-state index in [-0.39, 0.29) is 19.4 Å². The molecule has 1 aliphatic rings. The molecule has 0 spiro atoms. The van der Waals surface area contributed by atoms with Crippen LogP contribution in [0.2, 0.25) is 0 Å². The highest BCUT2D eigenvalue weighted by molar-refractivity contribution is 7.47. The van der Waals surface area contributed by atoms with Crippen LogP contribution in [0.5, 0.6) is 0 Å². The number of allylic oxidation sites excluding steroid dienone is 4. The van der Waals surface area contributed by atoms with Gasteiger partial charge in [0.2, 0.25) is 0 Å². The minimum atomic E-state index is -4.63. The van der Waals surface area contributed by atoms with Gasteiger partial charge >= 0.3 is 19.8 Å². The van der Waals surface area contributed by atoms with Gasteiger partial charge in [-0.2, -0.15) is 0 Å². The largest absolute Gasteiger partial charge is 0.472 e. The fourth-order valence-electron chi connectivity index (χ4n) is 5.88. The number of phosphoric acid groups is 1. The highest BCUT2D eigenvalue weighted by atomic mass is 31.2. The van der Waals surface area contributed by atoms with Gasteiger partial charge in [0.15, 0.2) is 6.10 Å². The Kier molecular flexibility index (Phi) is 31.8. The van der Waals surface area contributed by atoms with Gasteiger partial charge in [0.25, 0.3) is 0 Å². The lowest BCUT2D eigenvalue weighted by Gasteiger charge is -2.20. The monoisotopic (exact) mass is 801 g/mol. The molecule has 1 fully saturated rings. The zero-order valence-electron chi connectivity index (χ0n) is 34.5. The standard InChI is InChI=1S/C43H77O11P/c1-4-6-7-8-19-24-29-40-41(54-40)30-25-20-15-13-17-22-27-32-43(47)53-39(36-52-55(48,49)51-34-38(45)33-44)35-50-42(46)31-26-21-16-12-10-9-11-14-18-23-28-37(3)5-2/h13,17,19-20,24-25,37-41,44-45H,4-12,14-16,18,21-23,26-36H2,1-3H3,(H,48,49)/b17-13-,24-19-,25-20-/t37?,38-,39+,40?,41?/m0/s1. The lowest BCUT2D eigenvalue weighted by Crippen LogP contribution is -2.29. The molecule has 0 aromatic carbocycles. The number of epoxide rings is 1. The first kappa shape index (κ1) is 51.2. The summed E-state index contributed by atoms with van der Waals surface area (Å²) in [6.45, 7) is 4.61. The normalized spacial score (nSPS) is 18.5. The van der Waals surface area contributed by atoms with Crippen molar-refractivity contribution in [1.82, 2.24) is 0 Å². The Morgan fingerprint density at radius 3 is 1.93 bits per heavy atom. The zero-order chi connectivity index (χ0) is 40.4. The van der Waals surface area contributed by atoms with Crippen molar-refractivity contribution >= 4 is 19.8 Å². The maximum absolute atomic E-state index is 12.6. The number of ether oxygens (including phenoxy) is 3. The maximum Gasteiger partial charge on any atom is 0.472 e. The van der Waals surface area contributed by atoms with Gasteiger partial charge in [-0.3, -0.25) is 18.6 Å². The molecule has 0 bridgehead atoms. The molecule has 0 radical (unpaired) electrons. The number of carbonyl (C=O) groups excluding carboxylic acids is 2. The Bertz CT molecular complexity index is 1090. The van der Waals surface area contributed by atoms with Crippen molar-refractivity contribution in [3.63, 3.8) is 0 Å². The zero-order valence-corrected chi connectivity index (χ0v) is 35.4. The lowest BCUT2D eigenvalue weighted by atomic mass is 9.99. The number of carbonyl (C=O) groups is 2. The number of hydrogen-bond donors (Lipinski definition) is 3. The van der Waals surface area contributed by atoms with E-state index in [1.165, 1.54) is 70.6 Å². The Balaban J connectivity index is 2.31. The van der Waals surface area contributed by atoms with Gasteiger partial charge < -0.3 is 29.3 Å². The van der Waals surface area contributed by atoms with Crippen LogP contribution in [0.3, 0.4) is 0 Å². The number of rotatable bonds is 38. The molecule has 6 atom stereocenters. The third-order valence-corrected chi connectivity index (χ3v) is 10.7. The van der Waals surface area contributed by atoms with Gasteiger partial charge in [-0.05, 0) is 57.3 Å². The Hall–Kier alpha value is -1.85. The second-order valence-electron chi connectivity index (χ2n) is 15.0. The molecule has 1 rings (SSSR count). The Morgan fingerprint density at radius 2 is 1.27 bits per heavy atom. The fourth-order valence-corrected chi connectivity index (χ4v) is 6.67. The van der Waals surface area contributed by atoms with E-state index in [9.17, 15) is 24.2 Å². The van der Waals surface area contributed by atoms with Crippen LogP contribution >= 0.6 is 7.82 Å². The molecule has 0 aromatic rings. The summed E-state index contributed by atoms with van der Waals surface area (Å²) in [5.74, 6) is -0.159. The van der Waals surface area contributed by atoms with Gasteiger partial charge in [0.1, 0.15) is 12.7 Å². The SMILES string of the molecule is CCCCC/C=C\CC1OC1C/C=C\C/C=C\CCCC(=O)O[C@H](COC(=O)CCCCCCCCCCCCC(C)CC)COP(=O)(O)OC[C@@H](O)CO. The van der Waals surface area contributed by atoms with Crippen LogP contribution in [-0.2, 0) is 37.4 Å². The molecule has 1 aliphatic heterocycles. The number of unbranched alkanes of at least 4 members (excludes halogenated alkanes) is 13. The molecule has 55 heavy (non-hydrogen) atoms. The van der Waals surface area contributed by atoms with E-state index in [2.05, 4.69) is 49.6 Å². The maximum atomic E-state index is 12.6. The molecule has 4 unspecified atom stereocenters. The Labute approximate surface area is 333 Å². The summed E-state index contributed by atoms with van der Waals surface area (Å²) < 4.78 is 38.4. The summed E-state index contributed by atoms with van der Waals surface area (Å²) in [6.07, 6.45) is 34.3. The van der Waals surface area contributed by atoms with Crippen molar-refractivity contribution in [3.8, 4) is 0 Å². The van der Waals surface area contributed by atoms with Crippen LogP contribution in [0.4, 0.5) is 0 Å². The van der Waals surface area contributed by atoms with Crippen molar-refractivity contribution in [2.24, 2.45) is 5.92 Å².